The van der Waals surface area contributed by atoms with Crippen molar-refractivity contribution in [3.63, 3.8) is 0 Å². The van der Waals surface area contributed by atoms with E-state index in [-0.39, 0.29) is 59.7 Å². The number of aliphatic carboxylic acids is 4. The first-order valence-electron chi connectivity index (χ1n) is 17.8. The zero-order valence-corrected chi connectivity index (χ0v) is 34.1. The van der Waals surface area contributed by atoms with Crippen LogP contribution < -0.4 is 42.6 Å². The van der Waals surface area contributed by atoms with E-state index in [9.17, 15) is 33.1 Å². The van der Waals surface area contributed by atoms with Gasteiger partial charge in [0.15, 0.2) is 23.6 Å². The maximum atomic E-state index is 13.7. The highest BCUT2D eigenvalue weighted by atomic mass is 31.2. The molecular weight excluding hydrogens is 862 g/mol. The number of fused-ring (bicyclic) bond motifs is 1. The van der Waals surface area contributed by atoms with Crippen LogP contribution in [0.1, 0.15) is 25.7 Å². The zero-order chi connectivity index (χ0) is 45.3. The quantitative estimate of drug-likeness (QED) is 0.0348. The lowest BCUT2D eigenvalue weighted by molar-refractivity contribution is -0.139. The van der Waals surface area contributed by atoms with Gasteiger partial charge < -0.3 is 62.0 Å². The van der Waals surface area contributed by atoms with Crippen molar-refractivity contribution < 1.29 is 94.5 Å². The molecule has 2 aromatic carbocycles. The van der Waals surface area contributed by atoms with Crippen LogP contribution in [0.3, 0.4) is 0 Å². The molecule has 4 atom stereocenters. The Morgan fingerprint density at radius 3 is 1.39 bits per heavy atom. The third-order valence-corrected chi connectivity index (χ3v) is 10.8. The van der Waals surface area contributed by atoms with Gasteiger partial charge in [-0.1, -0.05) is 30.3 Å². The maximum absolute atomic E-state index is 13.7. The molecule has 0 fully saturated rings. The molecule has 0 aliphatic carbocycles. The first kappa shape index (κ1) is 50.3. The summed E-state index contributed by atoms with van der Waals surface area (Å²) >= 11 is 0. The molecule has 27 heteroatoms. The Labute approximate surface area is 345 Å². The predicted octanol–water partition coefficient (Wildman–Crippen LogP) is 1.67. The molecule has 25 nitrogen and oxygen atoms in total. The van der Waals surface area contributed by atoms with Gasteiger partial charge in [0.1, 0.15) is 41.1 Å². The van der Waals surface area contributed by atoms with Crippen molar-refractivity contribution in [3.05, 3.63) is 52.7 Å². The van der Waals surface area contributed by atoms with Crippen molar-refractivity contribution in [1.82, 2.24) is 0 Å². The van der Waals surface area contributed by atoms with E-state index in [0.29, 0.717) is 5.56 Å². The molecule has 0 saturated carbocycles. The highest BCUT2D eigenvalue weighted by Gasteiger charge is 2.32. The summed E-state index contributed by atoms with van der Waals surface area (Å²) < 4.78 is 81.5. The van der Waals surface area contributed by atoms with Crippen molar-refractivity contribution in [2.75, 3.05) is 47.1 Å². The molecule has 0 saturated heterocycles. The number of nitrogens with two attached hydrogens (primary N) is 4. The van der Waals surface area contributed by atoms with Gasteiger partial charge in [-0.05, 0) is 25.7 Å². The molecule has 1 heterocycles. The Kier molecular flexibility index (Phi) is 19.7. The second-order valence-electron chi connectivity index (χ2n) is 12.4. The van der Waals surface area contributed by atoms with Crippen LogP contribution in [0.15, 0.2) is 51.7 Å². The third-order valence-electron chi connectivity index (χ3n) is 7.98. The highest BCUT2D eigenvalue weighted by molar-refractivity contribution is 7.48. The molecule has 0 bridgehead atoms. The number of hydrogen-bond acceptors (Lipinski definition) is 21. The first-order chi connectivity index (χ1) is 28.8. The molecule has 0 aliphatic rings. The van der Waals surface area contributed by atoms with Crippen LogP contribution >= 0.6 is 15.6 Å². The molecule has 0 aliphatic heterocycles. The van der Waals surface area contributed by atoms with Crippen molar-refractivity contribution in [2.24, 2.45) is 22.9 Å². The Balaban J connectivity index is 1.98. The number of carboxylic acids is 4. The van der Waals surface area contributed by atoms with E-state index in [0.717, 1.165) is 12.1 Å². The van der Waals surface area contributed by atoms with Crippen molar-refractivity contribution in [3.8, 4) is 28.6 Å². The van der Waals surface area contributed by atoms with Crippen LogP contribution in [0.5, 0.6) is 17.2 Å². The molecule has 0 amide bonds. The van der Waals surface area contributed by atoms with Gasteiger partial charge in [-0.3, -0.25) is 42.1 Å². The van der Waals surface area contributed by atoms with Gasteiger partial charge in [-0.15, -0.1) is 0 Å². The van der Waals surface area contributed by atoms with Gasteiger partial charge in [0.05, 0.1) is 33.5 Å². The fourth-order valence-electron chi connectivity index (χ4n) is 4.61. The zero-order valence-electron chi connectivity index (χ0n) is 32.4. The van der Waals surface area contributed by atoms with Gasteiger partial charge in [-0.2, -0.15) is 0 Å². The Bertz CT molecular complexity index is 2060. The van der Waals surface area contributed by atoms with Crippen LogP contribution in [-0.2, 0) is 55.5 Å². The second kappa shape index (κ2) is 23.8. The number of carboxylic acid groups (broad SMARTS) is 4. The number of rotatable bonds is 30. The van der Waals surface area contributed by atoms with Gasteiger partial charge in [0, 0.05) is 17.7 Å². The van der Waals surface area contributed by atoms with E-state index in [1.54, 1.807) is 30.3 Å². The average Bonchev–Trinajstić information content (AvgIpc) is 3.20. The standard InChI is InChI=1S/C34H46N4O21P2/c1-50-29-27(52-18-58-61(49,55-13-9-22(37)33(44)45)56-14-10-23(38)34(46)47)16-26(28-24(39)15-25(59-30(28)29)19-5-3-2-4-6-19)51-17-57-60(48,53-11-7-20(35)31(40)41)54-12-8-21(36)32(42)43/h2-6,15-16,20-23H,7-14,17-18,35-38H2,1H3,(H,40,41)(H,42,43)(H,44,45)(H,46,47). The minimum atomic E-state index is -4.69. The van der Waals surface area contributed by atoms with Crippen LogP contribution in [0, 0.1) is 0 Å². The van der Waals surface area contributed by atoms with Crippen molar-refractivity contribution in [2.45, 2.75) is 49.9 Å². The Hall–Kier alpha value is -5.01. The summed E-state index contributed by atoms with van der Waals surface area (Å²) in [6.07, 6.45) is -1.40. The summed E-state index contributed by atoms with van der Waals surface area (Å²) in [4.78, 5) is 58.3. The monoisotopic (exact) mass is 908 g/mol. The number of benzene rings is 2. The van der Waals surface area contributed by atoms with E-state index in [2.05, 4.69) is 0 Å². The number of phosphoric acid groups is 2. The number of phosphoric ester groups is 2. The lowest BCUT2D eigenvalue weighted by atomic mass is 10.1. The lowest BCUT2D eigenvalue weighted by Crippen LogP contribution is -2.31. The first-order valence-corrected chi connectivity index (χ1v) is 20.7. The minimum absolute atomic E-state index is 0.0582. The third kappa shape index (κ3) is 15.8. The van der Waals surface area contributed by atoms with Crippen molar-refractivity contribution in [1.29, 1.82) is 0 Å². The molecule has 4 unspecified atom stereocenters. The summed E-state index contributed by atoms with van der Waals surface area (Å²) in [6.45, 7) is -4.26. The second-order valence-corrected chi connectivity index (χ2v) is 15.7. The Morgan fingerprint density at radius 1 is 0.623 bits per heavy atom. The van der Waals surface area contributed by atoms with E-state index in [4.69, 9.17) is 89.1 Å². The SMILES string of the molecule is COc1c(OCOP(=O)(OCCC(N)C(=O)O)OCCC(N)C(=O)O)cc(OCOP(=O)(OCCC(N)C(=O)O)OCCC(N)C(=O)O)c2c(=O)cc(-c3ccccc3)oc12. The van der Waals surface area contributed by atoms with Gasteiger partial charge >= 0.3 is 39.5 Å². The van der Waals surface area contributed by atoms with Crippen LogP contribution in [-0.4, -0.2) is 116 Å². The lowest BCUT2D eigenvalue weighted by Gasteiger charge is -2.21. The highest BCUT2D eigenvalue weighted by Crippen LogP contribution is 2.51. The fourth-order valence-corrected chi connectivity index (χ4v) is 6.73. The number of carbonyl (C=O) groups is 4. The number of hydrogen-bond donors (Lipinski definition) is 8. The molecule has 3 rings (SSSR count). The summed E-state index contributed by atoms with van der Waals surface area (Å²) in [5.41, 5.74) is 21.4. The van der Waals surface area contributed by atoms with E-state index in [1.807, 2.05) is 0 Å². The predicted molar refractivity (Wildman–Crippen MR) is 208 cm³/mol. The van der Waals surface area contributed by atoms with Gasteiger partial charge in [-0.25, -0.2) is 18.2 Å². The number of ether oxygens (including phenoxy) is 3. The Morgan fingerprint density at radius 2 is 1.02 bits per heavy atom. The summed E-state index contributed by atoms with van der Waals surface area (Å²) in [5.74, 6) is -6.39. The molecule has 61 heavy (non-hydrogen) atoms. The molecule has 338 valence electrons. The maximum Gasteiger partial charge on any atom is 0.477 e. The molecular formula is C34H46N4O21P2. The normalized spacial score (nSPS) is 15.4. The summed E-state index contributed by atoms with van der Waals surface area (Å²) in [6, 6.07) is 4.91. The van der Waals surface area contributed by atoms with Crippen LogP contribution in [0.25, 0.3) is 22.3 Å². The fraction of sp³-hybridized carbons (Fsp3) is 0.441. The summed E-state index contributed by atoms with van der Waals surface area (Å²) in [7, 11) is -8.18. The smallest absolute Gasteiger partial charge is 0.477 e. The topological polar surface area (TPSA) is 401 Å². The van der Waals surface area contributed by atoms with Gasteiger partial charge in [0.2, 0.25) is 12.5 Å². The molecule has 1 aromatic heterocycles. The van der Waals surface area contributed by atoms with Crippen LogP contribution in [0.4, 0.5) is 0 Å². The van der Waals surface area contributed by atoms with E-state index in [1.165, 1.54) is 7.11 Å². The molecule has 12 N–H and O–H groups in total. The van der Waals surface area contributed by atoms with Crippen LogP contribution in [0.2, 0.25) is 0 Å². The van der Waals surface area contributed by atoms with E-state index < -0.39 is 109 Å². The van der Waals surface area contributed by atoms with Gasteiger partial charge in [0.25, 0.3) is 0 Å². The minimum Gasteiger partial charge on any atom is -0.490 e. The number of methoxy groups -OCH3 is 1. The van der Waals surface area contributed by atoms with E-state index >= 15 is 0 Å². The molecule has 3 aromatic rings. The largest absolute Gasteiger partial charge is 0.490 e. The van der Waals surface area contributed by atoms with Crippen molar-refractivity contribution >= 4 is 50.5 Å². The summed E-state index contributed by atoms with van der Waals surface area (Å²) in [5, 5.41) is 36.1. The average molecular weight is 909 g/mol. The molecule has 0 radical (unpaired) electrons. The molecule has 0 spiro atoms.